The summed E-state index contributed by atoms with van der Waals surface area (Å²) in [4.78, 5) is 49.4. The van der Waals surface area contributed by atoms with Crippen LogP contribution >= 0.6 is 0 Å². The van der Waals surface area contributed by atoms with Gasteiger partial charge in [-0.25, -0.2) is 0 Å². The summed E-state index contributed by atoms with van der Waals surface area (Å²) >= 11 is 0. The first kappa shape index (κ1) is 35.1. The number of benzene rings is 8. The Kier molecular flexibility index (Phi) is 9.02. The second-order valence-corrected chi connectivity index (χ2v) is 15.6. The van der Waals surface area contributed by atoms with Crippen molar-refractivity contribution >= 4 is 99.6 Å². The fourth-order valence-electron chi connectivity index (χ4n) is 9.35. The van der Waals surface area contributed by atoms with Crippen molar-refractivity contribution in [1.82, 2.24) is 15.1 Å². The molecule has 2 aliphatic rings. The first-order valence-electron chi connectivity index (χ1n) is 20.2. The van der Waals surface area contributed by atoms with Gasteiger partial charge in [-0.2, -0.15) is 0 Å². The zero-order valence-corrected chi connectivity index (χ0v) is 31.8. The summed E-state index contributed by atoms with van der Waals surface area (Å²) in [6.45, 7) is 3.51. The lowest BCUT2D eigenvalue weighted by Crippen LogP contribution is -2.48. The fourth-order valence-corrected chi connectivity index (χ4v) is 9.35. The van der Waals surface area contributed by atoms with E-state index in [0.29, 0.717) is 26.2 Å². The summed E-state index contributed by atoms with van der Waals surface area (Å²) in [5.41, 5.74) is 1.57. The lowest BCUT2D eigenvalue weighted by Gasteiger charge is -2.29. The van der Waals surface area contributed by atoms with E-state index in [1.165, 1.54) is 32.3 Å². The van der Waals surface area contributed by atoms with E-state index in [9.17, 15) is 14.4 Å². The van der Waals surface area contributed by atoms with Crippen molar-refractivity contribution in [2.24, 2.45) is 4.99 Å². The van der Waals surface area contributed by atoms with Gasteiger partial charge in [0.2, 0.25) is 17.7 Å². The highest BCUT2D eigenvalue weighted by molar-refractivity contribution is 6.27. The number of amidine groups is 1. The van der Waals surface area contributed by atoms with Crippen molar-refractivity contribution in [2.75, 3.05) is 49.9 Å². The maximum absolute atomic E-state index is 13.6. The summed E-state index contributed by atoms with van der Waals surface area (Å²) in [6, 6.07) is 37.6. The Morgan fingerprint density at radius 1 is 0.614 bits per heavy atom. The first-order valence-corrected chi connectivity index (χ1v) is 20.2. The Balaban J connectivity index is 0.833. The maximum atomic E-state index is 13.6. The zero-order valence-electron chi connectivity index (χ0n) is 31.8. The molecule has 1 unspecified atom stereocenters. The minimum absolute atomic E-state index is 0.0144. The van der Waals surface area contributed by atoms with Gasteiger partial charge in [0, 0.05) is 80.7 Å². The van der Waals surface area contributed by atoms with E-state index in [0.717, 1.165) is 81.9 Å². The molecule has 9 heteroatoms. The molecule has 0 aliphatic carbocycles. The molecule has 1 atom stereocenters. The van der Waals surface area contributed by atoms with E-state index < -0.39 is 0 Å². The highest BCUT2D eigenvalue weighted by atomic mass is 16.2. The molecule has 10 rings (SSSR count). The van der Waals surface area contributed by atoms with Gasteiger partial charge in [-0.1, -0.05) is 97.1 Å². The van der Waals surface area contributed by atoms with E-state index in [4.69, 9.17) is 0 Å². The highest BCUT2D eigenvalue weighted by Gasteiger charge is 2.35. The smallest absolute Gasteiger partial charge is 0.242 e. The molecule has 2 heterocycles. The van der Waals surface area contributed by atoms with Crippen LogP contribution < -0.4 is 16.0 Å². The molecule has 2 aliphatic heterocycles. The van der Waals surface area contributed by atoms with Gasteiger partial charge < -0.3 is 25.8 Å². The maximum Gasteiger partial charge on any atom is 0.242 e. The van der Waals surface area contributed by atoms with Gasteiger partial charge in [-0.05, 0) is 78.8 Å². The number of hydrogen-bond acceptors (Lipinski definition) is 6. The third-order valence-electron chi connectivity index (χ3n) is 12.1. The van der Waals surface area contributed by atoms with Crippen molar-refractivity contribution < 1.29 is 14.4 Å². The van der Waals surface area contributed by atoms with E-state index in [2.05, 4.69) is 128 Å². The van der Waals surface area contributed by atoms with Gasteiger partial charge >= 0.3 is 0 Å². The van der Waals surface area contributed by atoms with Crippen LogP contribution in [-0.2, 0) is 14.4 Å². The molecular formula is C48H44N6O3. The van der Waals surface area contributed by atoms with Crippen LogP contribution in [0, 0.1) is 0 Å². The average molecular weight is 753 g/mol. The summed E-state index contributed by atoms with van der Waals surface area (Å²) in [7, 11) is 0. The van der Waals surface area contributed by atoms with Gasteiger partial charge in [0.1, 0.15) is 6.04 Å². The third kappa shape index (κ3) is 6.51. The standard InChI is InChI=1S/C48H44N6O3/c55-42(51-38-18-14-34-10-8-30-4-1-6-32-12-16-36(38)46(34)44(30)32)22-27-53(29-25-50-48(57)40-20-21-41-49-24-3-26-54(40)41)28-23-43(56)52-39-19-15-35-11-9-31-5-2-7-33-13-17-37(39)47(35)45(31)33/h1-2,4-19,40H,3,20-29H2,(H,50,57)(H,51,55)(H,52,56). The summed E-state index contributed by atoms with van der Waals surface area (Å²) < 4.78 is 0. The summed E-state index contributed by atoms with van der Waals surface area (Å²) in [5, 5.41) is 23.3. The SMILES string of the molecule is O=C(CCN(CCNC(=O)C1CCC2=NCCCN21)CCC(=O)Nc1ccc2ccc3cccc4ccc1c2c34)Nc1ccc2ccc3cccc4ccc1c2c34. The third-order valence-corrected chi connectivity index (χ3v) is 12.1. The van der Waals surface area contributed by atoms with Crippen molar-refractivity contribution in [3.63, 3.8) is 0 Å². The lowest BCUT2D eigenvalue weighted by molar-refractivity contribution is -0.125. The molecule has 3 N–H and O–H groups in total. The zero-order chi connectivity index (χ0) is 38.5. The lowest BCUT2D eigenvalue weighted by atomic mass is 9.93. The van der Waals surface area contributed by atoms with Crippen LogP contribution in [-0.4, -0.2) is 78.7 Å². The molecule has 3 amide bonds. The van der Waals surface area contributed by atoms with Crippen LogP contribution in [0.25, 0.3) is 64.6 Å². The van der Waals surface area contributed by atoms with Gasteiger partial charge in [-0.3, -0.25) is 19.4 Å². The number of amides is 3. The Labute approximate surface area is 330 Å². The van der Waals surface area contributed by atoms with E-state index in [1.54, 1.807) is 0 Å². The van der Waals surface area contributed by atoms with E-state index in [-0.39, 0.29) is 36.6 Å². The number of nitrogens with zero attached hydrogens (tertiary/aromatic N) is 3. The monoisotopic (exact) mass is 752 g/mol. The van der Waals surface area contributed by atoms with Crippen molar-refractivity contribution in [3.05, 3.63) is 109 Å². The van der Waals surface area contributed by atoms with Crippen LogP contribution in [0.3, 0.4) is 0 Å². The number of anilines is 2. The number of carbonyl (C=O) groups is 3. The molecule has 8 aromatic rings. The molecule has 57 heavy (non-hydrogen) atoms. The average Bonchev–Trinajstić information content (AvgIpc) is 3.68. The van der Waals surface area contributed by atoms with Gasteiger partial charge in [0.05, 0.1) is 5.84 Å². The van der Waals surface area contributed by atoms with Crippen molar-refractivity contribution in [2.45, 2.75) is 38.1 Å². The van der Waals surface area contributed by atoms with E-state index >= 15 is 0 Å². The number of fused-ring (bicyclic) bond motifs is 1. The molecule has 1 fully saturated rings. The Morgan fingerprint density at radius 2 is 1.11 bits per heavy atom. The predicted octanol–water partition coefficient (Wildman–Crippen LogP) is 8.52. The van der Waals surface area contributed by atoms with Gasteiger partial charge in [0.25, 0.3) is 0 Å². The highest BCUT2D eigenvalue weighted by Crippen LogP contribution is 2.39. The molecule has 0 spiro atoms. The molecule has 0 aromatic heterocycles. The molecule has 0 bridgehead atoms. The quantitative estimate of drug-likeness (QED) is 0.109. The largest absolute Gasteiger partial charge is 0.353 e. The molecule has 0 saturated carbocycles. The number of hydrogen-bond donors (Lipinski definition) is 3. The van der Waals surface area contributed by atoms with Crippen LogP contribution in [0.2, 0.25) is 0 Å². The van der Waals surface area contributed by atoms with Crippen LogP contribution in [0.5, 0.6) is 0 Å². The predicted molar refractivity (Wildman–Crippen MR) is 233 cm³/mol. The Bertz CT molecular complexity index is 2670. The number of nitrogens with one attached hydrogen (secondary N) is 3. The van der Waals surface area contributed by atoms with Crippen LogP contribution in [0.15, 0.2) is 114 Å². The summed E-state index contributed by atoms with van der Waals surface area (Å²) in [5.74, 6) is 0.870. The van der Waals surface area contributed by atoms with Crippen molar-refractivity contribution in [1.29, 1.82) is 0 Å². The second kappa shape index (κ2) is 14.6. The number of aliphatic imine (C=N–C) groups is 1. The second-order valence-electron chi connectivity index (χ2n) is 15.6. The number of rotatable bonds is 12. The van der Waals surface area contributed by atoms with Crippen LogP contribution in [0.4, 0.5) is 11.4 Å². The summed E-state index contributed by atoms with van der Waals surface area (Å²) in [6.07, 6.45) is 3.06. The van der Waals surface area contributed by atoms with E-state index in [1.807, 2.05) is 12.1 Å². The Hall–Kier alpha value is -6.32. The van der Waals surface area contributed by atoms with Crippen LogP contribution in [0.1, 0.15) is 32.1 Å². The molecule has 9 nitrogen and oxygen atoms in total. The number of carbonyl (C=O) groups excluding carboxylic acids is 3. The topological polar surface area (TPSA) is 106 Å². The molecule has 1 saturated heterocycles. The van der Waals surface area contributed by atoms with Gasteiger partial charge in [0.15, 0.2) is 0 Å². The van der Waals surface area contributed by atoms with Gasteiger partial charge in [-0.15, -0.1) is 0 Å². The normalized spacial score (nSPS) is 15.7. The molecule has 8 aromatic carbocycles. The molecule has 0 radical (unpaired) electrons. The minimum Gasteiger partial charge on any atom is -0.353 e. The fraction of sp³-hybridized carbons (Fsp3) is 0.250. The Morgan fingerprint density at radius 3 is 1.65 bits per heavy atom. The minimum atomic E-state index is -0.190. The molecular weight excluding hydrogens is 709 g/mol. The first-order chi connectivity index (χ1) is 28.0. The van der Waals surface area contributed by atoms with Crippen molar-refractivity contribution in [3.8, 4) is 0 Å². The molecule has 284 valence electrons.